The van der Waals surface area contributed by atoms with Crippen molar-refractivity contribution in [2.24, 2.45) is 0 Å². The third kappa shape index (κ3) is 3.80. The predicted molar refractivity (Wildman–Crippen MR) is 64.8 cm³/mol. The first-order valence-corrected chi connectivity index (χ1v) is 5.64. The molecule has 1 aromatic carbocycles. The zero-order valence-corrected chi connectivity index (χ0v) is 10.1. The Kier molecular flexibility index (Phi) is 5.02. The van der Waals surface area contributed by atoms with Crippen LogP contribution in [-0.2, 0) is 0 Å². The number of carbonyl (C=O) groups excluding carboxylic acids is 1. The van der Waals surface area contributed by atoms with E-state index >= 15 is 0 Å². The topological polar surface area (TPSA) is 62.1 Å². The van der Waals surface area contributed by atoms with Crippen LogP contribution in [-0.4, -0.2) is 18.6 Å². The molecule has 1 aromatic rings. The van der Waals surface area contributed by atoms with E-state index in [1.807, 2.05) is 19.9 Å². The molecule has 1 rings (SSSR count). The Morgan fingerprint density at radius 1 is 1.53 bits per heavy atom. The molecular weight excluding hydrogens is 216 g/mol. The van der Waals surface area contributed by atoms with Gasteiger partial charge in [0, 0.05) is 5.56 Å². The van der Waals surface area contributed by atoms with E-state index in [9.17, 15) is 4.79 Å². The summed E-state index contributed by atoms with van der Waals surface area (Å²) in [5.74, 6) is 0.408. The van der Waals surface area contributed by atoms with E-state index in [2.05, 4.69) is 5.32 Å². The molecule has 17 heavy (non-hydrogen) atoms. The summed E-state index contributed by atoms with van der Waals surface area (Å²) in [7, 11) is 0. The molecule has 0 aromatic heterocycles. The van der Waals surface area contributed by atoms with Crippen LogP contribution in [0, 0.1) is 11.3 Å². The first kappa shape index (κ1) is 13.0. The highest BCUT2D eigenvalue weighted by Gasteiger charge is 2.11. The van der Waals surface area contributed by atoms with E-state index in [-0.39, 0.29) is 5.91 Å². The Morgan fingerprint density at radius 2 is 2.29 bits per heavy atom. The summed E-state index contributed by atoms with van der Waals surface area (Å²) >= 11 is 0. The van der Waals surface area contributed by atoms with E-state index in [0.717, 1.165) is 0 Å². The molecule has 0 aliphatic carbocycles. The monoisotopic (exact) mass is 232 g/mol. The average Bonchev–Trinajstić information content (AvgIpc) is 2.36. The first-order valence-electron chi connectivity index (χ1n) is 5.64. The fraction of sp³-hybridized carbons (Fsp3) is 0.385. The molecule has 0 fully saturated rings. The Bertz CT molecular complexity index is 424. The molecule has 4 heteroatoms. The van der Waals surface area contributed by atoms with Gasteiger partial charge in [-0.05, 0) is 31.5 Å². The third-order valence-electron chi connectivity index (χ3n) is 2.28. The molecule has 0 unspecified atom stereocenters. The lowest BCUT2D eigenvalue weighted by molar-refractivity contribution is 0.0944. The van der Waals surface area contributed by atoms with Gasteiger partial charge in [-0.1, -0.05) is 13.0 Å². The summed E-state index contributed by atoms with van der Waals surface area (Å²) < 4.78 is 5.31. The van der Waals surface area contributed by atoms with Crippen LogP contribution >= 0.6 is 0 Å². The van der Waals surface area contributed by atoms with Gasteiger partial charge in [0.1, 0.15) is 11.8 Å². The molecule has 4 nitrogen and oxygen atoms in total. The van der Waals surface area contributed by atoms with Crippen LogP contribution in [0.2, 0.25) is 0 Å². The molecule has 1 N–H and O–H groups in total. The maximum absolute atomic E-state index is 11.8. The molecule has 0 bridgehead atoms. The molecule has 1 amide bonds. The lowest BCUT2D eigenvalue weighted by Gasteiger charge is -2.10. The minimum Gasteiger partial charge on any atom is -0.494 e. The summed E-state index contributed by atoms with van der Waals surface area (Å²) in [5.41, 5.74) is 0.504. The number of amides is 1. The number of nitriles is 1. The van der Waals surface area contributed by atoms with Gasteiger partial charge in [0.05, 0.1) is 12.7 Å². The van der Waals surface area contributed by atoms with Crippen molar-refractivity contribution in [3.8, 4) is 11.8 Å². The molecule has 0 aliphatic rings. The molecular formula is C13H16N2O2. The summed E-state index contributed by atoms with van der Waals surface area (Å²) in [6.45, 7) is 4.29. The molecule has 90 valence electrons. The number of hydrogen-bond donors (Lipinski definition) is 1. The molecule has 0 saturated carbocycles. The van der Waals surface area contributed by atoms with E-state index < -0.39 is 6.04 Å². The van der Waals surface area contributed by atoms with Crippen molar-refractivity contribution in [3.63, 3.8) is 0 Å². The number of benzene rings is 1. The molecule has 1 atom stereocenters. The summed E-state index contributed by atoms with van der Waals surface area (Å²) in [6.07, 6.45) is 0.591. The Morgan fingerprint density at radius 3 is 2.88 bits per heavy atom. The van der Waals surface area contributed by atoms with Crippen molar-refractivity contribution in [2.45, 2.75) is 26.3 Å². The van der Waals surface area contributed by atoms with E-state index in [1.54, 1.807) is 24.3 Å². The standard InChI is InChI=1S/C13H16N2O2/c1-3-11(9-14)15-13(16)10-6-5-7-12(8-10)17-4-2/h5-8,11H,3-4H2,1-2H3,(H,15,16)/t11-/m0/s1. The van der Waals surface area contributed by atoms with Gasteiger partial charge in [0.2, 0.25) is 0 Å². The van der Waals surface area contributed by atoms with Gasteiger partial charge < -0.3 is 10.1 Å². The third-order valence-corrected chi connectivity index (χ3v) is 2.28. The van der Waals surface area contributed by atoms with Crippen LogP contribution in [0.1, 0.15) is 30.6 Å². The highest BCUT2D eigenvalue weighted by molar-refractivity contribution is 5.94. The van der Waals surface area contributed by atoms with Crippen molar-refractivity contribution < 1.29 is 9.53 Å². The Labute approximate surface area is 101 Å². The Balaban J connectivity index is 2.75. The van der Waals surface area contributed by atoms with E-state index in [0.29, 0.717) is 24.3 Å². The Hall–Kier alpha value is -2.02. The van der Waals surface area contributed by atoms with Crippen LogP contribution in [0.5, 0.6) is 5.75 Å². The van der Waals surface area contributed by atoms with Gasteiger partial charge >= 0.3 is 0 Å². The van der Waals surface area contributed by atoms with Crippen molar-refractivity contribution in [2.75, 3.05) is 6.61 Å². The largest absolute Gasteiger partial charge is 0.494 e. The lowest BCUT2D eigenvalue weighted by atomic mass is 10.1. The van der Waals surface area contributed by atoms with Gasteiger partial charge in [0.15, 0.2) is 0 Å². The maximum atomic E-state index is 11.8. The number of nitrogens with one attached hydrogen (secondary N) is 1. The smallest absolute Gasteiger partial charge is 0.252 e. The van der Waals surface area contributed by atoms with Gasteiger partial charge in [-0.2, -0.15) is 5.26 Å². The van der Waals surface area contributed by atoms with Crippen LogP contribution in [0.4, 0.5) is 0 Å². The average molecular weight is 232 g/mol. The molecule has 0 heterocycles. The van der Waals surface area contributed by atoms with Crippen LogP contribution in [0.25, 0.3) is 0 Å². The summed E-state index contributed by atoms with van der Waals surface area (Å²) in [5, 5.41) is 11.4. The van der Waals surface area contributed by atoms with Crippen molar-refractivity contribution in [3.05, 3.63) is 29.8 Å². The minimum absolute atomic E-state index is 0.250. The minimum atomic E-state index is -0.446. The molecule has 0 radical (unpaired) electrons. The van der Waals surface area contributed by atoms with Gasteiger partial charge in [-0.25, -0.2) is 0 Å². The quantitative estimate of drug-likeness (QED) is 0.845. The normalized spacial score (nSPS) is 11.4. The van der Waals surface area contributed by atoms with Gasteiger partial charge in [-0.15, -0.1) is 0 Å². The molecule has 0 spiro atoms. The number of hydrogen-bond acceptors (Lipinski definition) is 3. The number of rotatable bonds is 5. The zero-order valence-electron chi connectivity index (χ0n) is 10.1. The van der Waals surface area contributed by atoms with Crippen LogP contribution < -0.4 is 10.1 Å². The van der Waals surface area contributed by atoms with Gasteiger partial charge in [0.25, 0.3) is 5.91 Å². The second kappa shape index (κ2) is 6.54. The summed E-state index contributed by atoms with van der Waals surface area (Å²) in [6, 6.07) is 8.50. The second-order valence-corrected chi connectivity index (χ2v) is 3.52. The lowest BCUT2D eigenvalue weighted by Crippen LogP contribution is -2.33. The van der Waals surface area contributed by atoms with Crippen LogP contribution in [0.15, 0.2) is 24.3 Å². The number of nitrogens with zero attached hydrogens (tertiary/aromatic N) is 1. The van der Waals surface area contributed by atoms with Gasteiger partial charge in [-0.3, -0.25) is 4.79 Å². The molecule has 0 saturated heterocycles. The molecule has 0 aliphatic heterocycles. The zero-order chi connectivity index (χ0) is 12.7. The second-order valence-electron chi connectivity index (χ2n) is 3.52. The first-order chi connectivity index (χ1) is 8.21. The summed E-state index contributed by atoms with van der Waals surface area (Å²) in [4.78, 5) is 11.8. The van der Waals surface area contributed by atoms with Crippen LogP contribution in [0.3, 0.4) is 0 Å². The van der Waals surface area contributed by atoms with Crippen molar-refractivity contribution in [1.82, 2.24) is 5.32 Å². The fourth-order valence-electron chi connectivity index (χ4n) is 1.36. The SMILES string of the molecule is CCOc1cccc(C(=O)N[C@H](C#N)CC)c1. The maximum Gasteiger partial charge on any atom is 0.252 e. The van der Waals surface area contributed by atoms with E-state index in [4.69, 9.17) is 10.00 Å². The fourth-order valence-corrected chi connectivity index (χ4v) is 1.36. The van der Waals surface area contributed by atoms with Crippen molar-refractivity contribution >= 4 is 5.91 Å². The van der Waals surface area contributed by atoms with Crippen molar-refractivity contribution in [1.29, 1.82) is 5.26 Å². The van der Waals surface area contributed by atoms with E-state index in [1.165, 1.54) is 0 Å². The number of ether oxygens (including phenoxy) is 1. The highest BCUT2D eigenvalue weighted by Crippen LogP contribution is 2.13. The predicted octanol–water partition coefficient (Wildman–Crippen LogP) is 2.12. The number of carbonyl (C=O) groups is 1. The highest BCUT2D eigenvalue weighted by atomic mass is 16.5.